The first-order chi connectivity index (χ1) is 9.06. The maximum absolute atomic E-state index is 5.76. The minimum atomic E-state index is 0.511. The molecule has 0 atom stereocenters. The fourth-order valence-corrected chi connectivity index (χ4v) is 4.09. The lowest BCUT2D eigenvalue weighted by molar-refractivity contribution is 0.900. The van der Waals surface area contributed by atoms with Crippen molar-refractivity contribution in [1.29, 1.82) is 0 Å². The monoisotopic (exact) mass is 419 g/mol. The molecule has 0 bridgehead atoms. The Morgan fingerprint density at radius 3 is 2.42 bits per heavy atom. The molecule has 1 aromatic carbocycles. The molecule has 0 saturated carbocycles. The van der Waals surface area contributed by atoms with Crippen LogP contribution in [0.1, 0.15) is 5.56 Å². The van der Waals surface area contributed by atoms with Gasteiger partial charge >= 0.3 is 0 Å². The van der Waals surface area contributed by atoms with Gasteiger partial charge in [0.15, 0.2) is 5.16 Å². The van der Waals surface area contributed by atoms with Crippen molar-refractivity contribution in [2.24, 2.45) is 0 Å². The van der Waals surface area contributed by atoms with Crippen molar-refractivity contribution in [2.75, 3.05) is 12.0 Å². The number of anilines is 1. The largest absolute Gasteiger partial charge is 0.384 e. The SMILES string of the molecule is CSc1cc(N)nc(SCc2cc(Br)cc(Br)c2)n1. The van der Waals surface area contributed by atoms with Crippen molar-refractivity contribution in [3.05, 3.63) is 38.8 Å². The maximum Gasteiger partial charge on any atom is 0.190 e. The van der Waals surface area contributed by atoms with Gasteiger partial charge in [-0.25, -0.2) is 9.97 Å². The number of benzene rings is 1. The van der Waals surface area contributed by atoms with Crippen molar-refractivity contribution < 1.29 is 0 Å². The maximum atomic E-state index is 5.76. The van der Waals surface area contributed by atoms with Crippen molar-refractivity contribution in [2.45, 2.75) is 15.9 Å². The van der Waals surface area contributed by atoms with Crippen molar-refractivity contribution >= 4 is 61.2 Å². The Morgan fingerprint density at radius 2 is 1.79 bits per heavy atom. The van der Waals surface area contributed by atoms with Crippen molar-refractivity contribution in [1.82, 2.24) is 9.97 Å². The number of nitrogens with two attached hydrogens (primary N) is 1. The van der Waals surface area contributed by atoms with E-state index in [0.29, 0.717) is 11.0 Å². The highest BCUT2D eigenvalue weighted by Crippen LogP contribution is 2.26. The van der Waals surface area contributed by atoms with E-state index < -0.39 is 0 Å². The van der Waals surface area contributed by atoms with Crippen LogP contribution >= 0.6 is 55.4 Å². The van der Waals surface area contributed by atoms with Crippen LogP contribution in [-0.2, 0) is 5.75 Å². The first-order valence-electron chi connectivity index (χ1n) is 5.33. The van der Waals surface area contributed by atoms with Gasteiger partial charge in [-0.3, -0.25) is 0 Å². The first-order valence-corrected chi connectivity index (χ1v) is 9.13. The molecule has 7 heteroatoms. The predicted octanol–water partition coefficient (Wildman–Crippen LogP) is 4.60. The van der Waals surface area contributed by atoms with Gasteiger partial charge in [-0.2, -0.15) is 0 Å². The summed E-state index contributed by atoms with van der Waals surface area (Å²) < 4.78 is 2.10. The molecule has 0 spiro atoms. The van der Waals surface area contributed by atoms with Crippen LogP contribution in [0.25, 0.3) is 0 Å². The highest BCUT2D eigenvalue weighted by Gasteiger charge is 2.05. The van der Waals surface area contributed by atoms with Gasteiger partial charge in [0.05, 0.1) is 0 Å². The third-order valence-electron chi connectivity index (χ3n) is 2.20. The van der Waals surface area contributed by atoms with Gasteiger partial charge in [0.2, 0.25) is 0 Å². The van der Waals surface area contributed by atoms with Crippen LogP contribution in [0.4, 0.5) is 5.82 Å². The van der Waals surface area contributed by atoms with Crippen LogP contribution < -0.4 is 5.73 Å². The molecule has 1 heterocycles. The van der Waals surface area contributed by atoms with E-state index in [1.54, 1.807) is 29.6 Å². The second-order valence-electron chi connectivity index (χ2n) is 3.68. The molecule has 0 aliphatic heterocycles. The summed E-state index contributed by atoms with van der Waals surface area (Å²) in [4.78, 5) is 8.66. The third kappa shape index (κ3) is 4.66. The summed E-state index contributed by atoms with van der Waals surface area (Å²) >= 11 is 10.1. The normalized spacial score (nSPS) is 10.7. The molecule has 3 nitrogen and oxygen atoms in total. The van der Waals surface area contributed by atoms with E-state index in [1.165, 1.54) is 5.56 Å². The molecule has 0 radical (unpaired) electrons. The van der Waals surface area contributed by atoms with Gasteiger partial charge in [0.1, 0.15) is 10.8 Å². The average Bonchev–Trinajstić information content (AvgIpc) is 2.34. The fraction of sp³-hybridized carbons (Fsp3) is 0.167. The van der Waals surface area contributed by atoms with Crippen LogP contribution in [-0.4, -0.2) is 16.2 Å². The van der Waals surface area contributed by atoms with Crippen LogP contribution in [0, 0.1) is 0 Å². The van der Waals surface area contributed by atoms with E-state index in [0.717, 1.165) is 19.7 Å². The molecule has 2 N–H and O–H groups in total. The molecule has 19 heavy (non-hydrogen) atoms. The summed E-state index contributed by atoms with van der Waals surface area (Å²) in [6.07, 6.45) is 1.97. The lowest BCUT2D eigenvalue weighted by atomic mass is 10.2. The van der Waals surface area contributed by atoms with E-state index in [9.17, 15) is 0 Å². The number of hydrogen-bond donors (Lipinski definition) is 1. The first kappa shape index (κ1) is 15.2. The molecule has 0 fully saturated rings. The molecule has 0 aliphatic rings. The van der Waals surface area contributed by atoms with Crippen LogP contribution in [0.15, 0.2) is 43.4 Å². The molecule has 0 unspecified atom stereocenters. The highest BCUT2D eigenvalue weighted by atomic mass is 79.9. The molecule has 0 saturated heterocycles. The molecule has 0 aliphatic carbocycles. The van der Waals surface area contributed by atoms with Gasteiger partial charge < -0.3 is 5.73 Å². The summed E-state index contributed by atoms with van der Waals surface area (Å²) in [7, 11) is 0. The molecule has 100 valence electrons. The molecule has 1 aromatic heterocycles. The Morgan fingerprint density at radius 1 is 1.11 bits per heavy atom. The topological polar surface area (TPSA) is 51.8 Å². The van der Waals surface area contributed by atoms with Gasteiger partial charge in [-0.05, 0) is 30.0 Å². The smallest absolute Gasteiger partial charge is 0.190 e. The minimum absolute atomic E-state index is 0.511. The molecule has 0 amide bonds. The zero-order valence-electron chi connectivity index (χ0n) is 10.1. The van der Waals surface area contributed by atoms with E-state index in [4.69, 9.17) is 5.73 Å². The van der Waals surface area contributed by atoms with E-state index >= 15 is 0 Å². The zero-order valence-corrected chi connectivity index (χ0v) is 14.9. The van der Waals surface area contributed by atoms with Gasteiger partial charge in [0.25, 0.3) is 0 Å². The van der Waals surface area contributed by atoms with E-state index in [-0.39, 0.29) is 0 Å². The molecule has 2 aromatic rings. The van der Waals surface area contributed by atoms with Crippen LogP contribution in [0.3, 0.4) is 0 Å². The zero-order chi connectivity index (χ0) is 13.8. The number of rotatable bonds is 4. The quantitative estimate of drug-likeness (QED) is 0.445. The van der Waals surface area contributed by atoms with Gasteiger partial charge in [0, 0.05) is 20.8 Å². The molecular weight excluding hydrogens is 410 g/mol. The standard InChI is InChI=1S/C12H11Br2N3S2/c1-18-11-5-10(15)16-12(17-11)19-6-7-2-8(13)4-9(14)3-7/h2-5H,6H2,1H3,(H2,15,16,17). The number of nitrogen functional groups attached to an aromatic ring is 1. The summed E-state index contributed by atoms with van der Waals surface area (Å²) in [5.74, 6) is 1.31. The lowest BCUT2D eigenvalue weighted by Crippen LogP contribution is -1.96. The minimum Gasteiger partial charge on any atom is -0.384 e. The Kier molecular flexibility index (Phi) is 5.56. The Bertz CT molecular complexity index is 573. The van der Waals surface area contributed by atoms with Gasteiger partial charge in [-0.15, -0.1) is 11.8 Å². The summed E-state index contributed by atoms with van der Waals surface area (Å²) in [5.41, 5.74) is 6.96. The predicted molar refractivity (Wildman–Crippen MR) is 89.6 cm³/mol. The Balaban J connectivity index is 2.11. The fourth-order valence-electron chi connectivity index (χ4n) is 1.43. The number of thioether (sulfide) groups is 2. The van der Waals surface area contributed by atoms with Crippen molar-refractivity contribution in [3.8, 4) is 0 Å². The number of hydrogen-bond acceptors (Lipinski definition) is 5. The molecular formula is C12H11Br2N3S2. The lowest BCUT2D eigenvalue weighted by Gasteiger charge is -2.05. The van der Waals surface area contributed by atoms with Crippen LogP contribution in [0.2, 0.25) is 0 Å². The van der Waals surface area contributed by atoms with Crippen LogP contribution in [0.5, 0.6) is 0 Å². The van der Waals surface area contributed by atoms with E-state index in [1.807, 2.05) is 12.3 Å². The molecule has 2 rings (SSSR count). The summed E-state index contributed by atoms with van der Waals surface area (Å²) in [5, 5.41) is 1.60. The van der Waals surface area contributed by atoms with Crippen molar-refractivity contribution in [3.63, 3.8) is 0 Å². The summed E-state index contributed by atoms with van der Waals surface area (Å²) in [6.45, 7) is 0. The number of nitrogens with zero attached hydrogens (tertiary/aromatic N) is 2. The third-order valence-corrected chi connectivity index (χ3v) is 4.66. The summed E-state index contributed by atoms with van der Waals surface area (Å²) in [6, 6.07) is 7.96. The van der Waals surface area contributed by atoms with E-state index in [2.05, 4.69) is 54.0 Å². The number of halogens is 2. The Labute approximate surface area is 137 Å². The number of aromatic nitrogens is 2. The second kappa shape index (κ2) is 6.97. The average molecular weight is 421 g/mol. The highest BCUT2D eigenvalue weighted by molar-refractivity contribution is 9.11. The van der Waals surface area contributed by atoms with Gasteiger partial charge in [-0.1, -0.05) is 43.6 Å². The Hall–Kier alpha value is -0.240. The second-order valence-corrected chi connectivity index (χ2v) is 7.28.